The standard InChI is InChI=1S/C18H20N4O2S/c1-3-22-17(14-7-4-6-13(2)10-14)20-21-18(22)25-12-16(23)19-11-15-8-5-9-24-15/h4-10H,3,11-12H2,1-2H3,(H,19,23). The Hall–Kier alpha value is -2.54. The highest BCUT2D eigenvalue weighted by molar-refractivity contribution is 7.99. The second-order valence-electron chi connectivity index (χ2n) is 5.56. The van der Waals surface area contributed by atoms with Crippen LogP contribution in [0.5, 0.6) is 0 Å². The van der Waals surface area contributed by atoms with Gasteiger partial charge in [-0.05, 0) is 32.0 Å². The number of thioether (sulfide) groups is 1. The van der Waals surface area contributed by atoms with Gasteiger partial charge in [0.05, 0.1) is 18.6 Å². The number of nitrogens with zero attached hydrogens (tertiary/aromatic N) is 3. The Kier molecular flexibility index (Phi) is 5.55. The van der Waals surface area contributed by atoms with E-state index in [9.17, 15) is 4.79 Å². The Morgan fingerprint density at radius 2 is 2.16 bits per heavy atom. The van der Waals surface area contributed by atoms with Gasteiger partial charge in [0.15, 0.2) is 11.0 Å². The fourth-order valence-corrected chi connectivity index (χ4v) is 3.29. The maximum Gasteiger partial charge on any atom is 0.230 e. The first-order chi connectivity index (χ1) is 12.2. The zero-order valence-electron chi connectivity index (χ0n) is 14.2. The van der Waals surface area contributed by atoms with E-state index in [1.807, 2.05) is 29.7 Å². The van der Waals surface area contributed by atoms with Crippen LogP contribution in [-0.2, 0) is 17.9 Å². The van der Waals surface area contributed by atoms with Gasteiger partial charge in [-0.2, -0.15) is 0 Å². The summed E-state index contributed by atoms with van der Waals surface area (Å²) in [5, 5.41) is 12.1. The maximum atomic E-state index is 12.0. The summed E-state index contributed by atoms with van der Waals surface area (Å²) < 4.78 is 7.22. The largest absolute Gasteiger partial charge is 0.467 e. The third kappa shape index (κ3) is 4.30. The van der Waals surface area contributed by atoms with Gasteiger partial charge in [-0.25, -0.2) is 0 Å². The van der Waals surface area contributed by atoms with Crippen molar-refractivity contribution in [3.05, 3.63) is 54.0 Å². The zero-order valence-corrected chi connectivity index (χ0v) is 15.0. The molecule has 25 heavy (non-hydrogen) atoms. The number of benzene rings is 1. The monoisotopic (exact) mass is 356 g/mol. The topological polar surface area (TPSA) is 73.0 Å². The molecule has 2 aromatic heterocycles. The quantitative estimate of drug-likeness (QED) is 0.658. The Morgan fingerprint density at radius 3 is 2.88 bits per heavy atom. The fraction of sp³-hybridized carbons (Fsp3) is 0.278. The van der Waals surface area contributed by atoms with Crippen LogP contribution in [-0.4, -0.2) is 26.4 Å². The van der Waals surface area contributed by atoms with Crippen molar-refractivity contribution in [2.75, 3.05) is 5.75 Å². The van der Waals surface area contributed by atoms with Crippen LogP contribution in [0.3, 0.4) is 0 Å². The number of rotatable bonds is 7. The van der Waals surface area contributed by atoms with Crippen molar-refractivity contribution in [2.24, 2.45) is 0 Å². The third-order valence-electron chi connectivity index (χ3n) is 3.68. The predicted octanol–water partition coefficient (Wildman–Crippen LogP) is 3.27. The number of amides is 1. The van der Waals surface area contributed by atoms with E-state index in [0.717, 1.165) is 28.8 Å². The number of aromatic nitrogens is 3. The fourth-order valence-electron chi connectivity index (χ4n) is 2.46. The molecular formula is C18H20N4O2S. The molecule has 7 heteroatoms. The molecule has 0 radical (unpaired) electrons. The summed E-state index contributed by atoms with van der Waals surface area (Å²) in [6, 6.07) is 11.8. The van der Waals surface area contributed by atoms with Gasteiger partial charge in [0.2, 0.25) is 5.91 Å². The van der Waals surface area contributed by atoms with Gasteiger partial charge in [-0.1, -0.05) is 35.5 Å². The molecule has 3 aromatic rings. The van der Waals surface area contributed by atoms with E-state index in [4.69, 9.17) is 4.42 Å². The maximum absolute atomic E-state index is 12.0. The molecule has 3 rings (SSSR count). The number of hydrogen-bond acceptors (Lipinski definition) is 5. The highest BCUT2D eigenvalue weighted by atomic mass is 32.2. The summed E-state index contributed by atoms with van der Waals surface area (Å²) in [7, 11) is 0. The minimum Gasteiger partial charge on any atom is -0.467 e. The highest BCUT2D eigenvalue weighted by Gasteiger charge is 2.14. The summed E-state index contributed by atoms with van der Waals surface area (Å²) in [6.45, 7) is 5.23. The van der Waals surface area contributed by atoms with Gasteiger partial charge in [0, 0.05) is 12.1 Å². The molecule has 130 valence electrons. The van der Waals surface area contributed by atoms with Gasteiger partial charge in [-0.3, -0.25) is 4.79 Å². The van der Waals surface area contributed by atoms with Gasteiger partial charge >= 0.3 is 0 Å². The van der Waals surface area contributed by atoms with Crippen molar-refractivity contribution in [1.82, 2.24) is 20.1 Å². The average molecular weight is 356 g/mol. The van der Waals surface area contributed by atoms with E-state index in [-0.39, 0.29) is 11.7 Å². The highest BCUT2D eigenvalue weighted by Crippen LogP contribution is 2.24. The lowest BCUT2D eigenvalue weighted by Crippen LogP contribution is -2.24. The van der Waals surface area contributed by atoms with Crippen molar-refractivity contribution < 1.29 is 9.21 Å². The van der Waals surface area contributed by atoms with Crippen LogP contribution in [0.4, 0.5) is 0 Å². The molecule has 1 amide bonds. The van der Waals surface area contributed by atoms with Crippen LogP contribution in [0, 0.1) is 6.92 Å². The van der Waals surface area contributed by atoms with Crippen molar-refractivity contribution in [2.45, 2.75) is 32.1 Å². The number of furan rings is 1. The molecule has 0 atom stereocenters. The molecule has 0 spiro atoms. The van der Waals surface area contributed by atoms with Crippen LogP contribution in [0.25, 0.3) is 11.4 Å². The van der Waals surface area contributed by atoms with Crippen LogP contribution in [0.1, 0.15) is 18.2 Å². The molecule has 0 saturated heterocycles. The van der Waals surface area contributed by atoms with Crippen molar-refractivity contribution in [1.29, 1.82) is 0 Å². The lowest BCUT2D eigenvalue weighted by molar-refractivity contribution is -0.118. The van der Waals surface area contributed by atoms with Crippen molar-refractivity contribution in [3.8, 4) is 11.4 Å². The molecule has 0 fully saturated rings. The van der Waals surface area contributed by atoms with Crippen LogP contribution in [0.15, 0.2) is 52.2 Å². The molecule has 0 aliphatic rings. The number of carbonyl (C=O) groups excluding carboxylic acids is 1. The van der Waals surface area contributed by atoms with Crippen LogP contribution in [0.2, 0.25) is 0 Å². The zero-order chi connectivity index (χ0) is 17.6. The van der Waals surface area contributed by atoms with E-state index < -0.39 is 0 Å². The van der Waals surface area contributed by atoms with E-state index in [0.29, 0.717) is 6.54 Å². The summed E-state index contributed by atoms with van der Waals surface area (Å²) in [5.41, 5.74) is 2.21. The molecule has 0 unspecified atom stereocenters. The van der Waals surface area contributed by atoms with E-state index in [1.165, 1.54) is 17.3 Å². The number of nitrogens with one attached hydrogen (secondary N) is 1. The summed E-state index contributed by atoms with van der Waals surface area (Å²) in [5.74, 6) is 1.78. The van der Waals surface area contributed by atoms with Gasteiger partial charge < -0.3 is 14.3 Å². The summed E-state index contributed by atoms with van der Waals surface area (Å²) >= 11 is 1.38. The molecule has 1 N–H and O–H groups in total. The Bertz CT molecular complexity index is 843. The molecule has 6 nitrogen and oxygen atoms in total. The third-order valence-corrected chi connectivity index (χ3v) is 4.65. The number of hydrogen-bond donors (Lipinski definition) is 1. The van der Waals surface area contributed by atoms with Crippen LogP contribution < -0.4 is 5.32 Å². The Labute approximate surface area is 150 Å². The first kappa shape index (κ1) is 17.3. The van der Waals surface area contributed by atoms with E-state index in [1.54, 1.807) is 12.3 Å². The Balaban J connectivity index is 1.64. The molecule has 0 bridgehead atoms. The molecule has 1 aromatic carbocycles. The normalized spacial score (nSPS) is 10.8. The molecule has 0 saturated carbocycles. The lowest BCUT2D eigenvalue weighted by atomic mass is 10.1. The number of aryl methyl sites for hydroxylation is 1. The molecular weight excluding hydrogens is 336 g/mol. The number of carbonyl (C=O) groups is 1. The summed E-state index contributed by atoms with van der Waals surface area (Å²) in [6.07, 6.45) is 1.59. The smallest absolute Gasteiger partial charge is 0.230 e. The Morgan fingerprint density at radius 1 is 1.28 bits per heavy atom. The van der Waals surface area contributed by atoms with Crippen molar-refractivity contribution >= 4 is 17.7 Å². The van der Waals surface area contributed by atoms with Gasteiger partial charge in [0.1, 0.15) is 5.76 Å². The van der Waals surface area contributed by atoms with Gasteiger partial charge in [-0.15, -0.1) is 10.2 Å². The van der Waals surface area contributed by atoms with Gasteiger partial charge in [0.25, 0.3) is 0 Å². The first-order valence-corrected chi connectivity index (χ1v) is 9.08. The van der Waals surface area contributed by atoms with Crippen LogP contribution >= 0.6 is 11.8 Å². The first-order valence-electron chi connectivity index (χ1n) is 8.09. The molecule has 0 aliphatic carbocycles. The lowest BCUT2D eigenvalue weighted by Gasteiger charge is -2.08. The summed E-state index contributed by atoms with van der Waals surface area (Å²) in [4.78, 5) is 12.0. The predicted molar refractivity (Wildman–Crippen MR) is 97.1 cm³/mol. The van der Waals surface area contributed by atoms with Crippen molar-refractivity contribution in [3.63, 3.8) is 0 Å². The molecule has 0 aliphatic heterocycles. The minimum absolute atomic E-state index is 0.0656. The second-order valence-corrected chi connectivity index (χ2v) is 6.51. The second kappa shape index (κ2) is 8.02. The van der Waals surface area contributed by atoms with E-state index >= 15 is 0 Å². The molecule has 2 heterocycles. The average Bonchev–Trinajstić information content (AvgIpc) is 3.27. The SMILES string of the molecule is CCn1c(SCC(=O)NCc2ccco2)nnc1-c1cccc(C)c1. The minimum atomic E-state index is -0.0656. The van der Waals surface area contributed by atoms with E-state index in [2.05, 4.69) is 34.6 Å².